The molecule has 0 spiro atoms. The third-order valence-electron chi connectivity index (χ3n) is 3.70. The standard InChI is InChI=1S/C20H18N4O3/c1-14-11-16(4-5-18(14)27-17-3-2-8-22-13-17)24-20(26)19(25)23-12-15-6-9-21-10-7-15/h2-11,13H,12H2,1H3,(H,23,25)(H,24,26). The Labute approximate surface area is 156 Å². The van der Waals surface area contributed by atoms with Gasteiger partial charge in [0.05, 0.1) is 6.20 Å². The molecule has 0 saturated heterocycles. The summed E-state index contributed by atoms with van der Waals surface area (Å²) >= 11 is 0. The molecule has 3 aromatic rings. The molecule has 3 rings (SSSR count). The van der Waals surface area contributed by atoms with Gasteiger partial charge in [-0.15, -0.1) is 0 Å². The minimum absolute atomic E-state index is 0.256. The number of carbonyl (C=O) groups is 2. The van der Waals surface area contributed by atoms with Crippen LogP contribution in [0.25, 0.3) is 0 Å². The first kappa shape index (κ1) is 18.1. The molecule has 2 amide bonds. The van der Waals surface area contributed by atoms with Gasteiger partial charge in [-0.2, -0.15) is 0 Å². The van der Waals surface area contributed by atoms with Gasteiger partial charge < -0.3 is 15.4 Å². The first-order valence-electron chi connectivity index (χ1n) is 8.28. The Morgan fingerprint density at radius 1 is 1.00 bits per heavy atom. The SMILES string of the molecule is Cc1cc(NC(=O)C(=O)NCc2ccncc2)ccc1Oc1cccnc1. The van der Waals surface area contributed by atoms with Crippen LogP contribution in [-0.2, 0) is 16.1 Å². The van der Waals surface area contributed by atoms with Crippen LogP contribution in [0.1, 0.15) is 11.1 Å². The maximum absolute atomic E-state index is 12.0. The molecule has 2 N–H and O–H groups in total. The Morgan fingerprint density at radius 2 is 1.81 bits per heavy atom. The van der Waals surface area contributed by atoms with Crippen LogP contribution in [0.5, 0.6) is 11.5 Å². The second-order valence-corrected chi connectivity index (χ2v) is 5.76. The number of benzene rings is 1. The van der Waals surface area contributed by atoms with E-state index in [-0.39, 0.29) is 6.54 Å². The fraction of sp³-hybridized carbons (Fsp3) is 0.100. The summed E-state index contributed by atoms with van der Waals surface area (Å²) in [6.07, 6.45) is 6.53. The predicted molar refractivity (Wildman–Crippen MR) is 100 cm³/mol. The summed E-state index contributed by atoms with van der Waals surface area (Å²) < 4.78 is 5.74. The number of aromatic nitrogens is 2. The van der Waals surface area contributed by atoms with Gasteiger partial charge in [0.2, 0.25) is 0 Å². The van der Waals surface area contributed by atoms with Crippen molar-refractivity contribution in [1.82, 2.24) is 15.3 Å². The summed E-state index contributed by atoms with van der Waals surface area (Å²) in [7, 11) is 0. The first-order chi connectivity index (χ1) is 13.1. The van der Waals surface area contributed by atoms with E-state index in [2.05, 4.69) is 20.6 Å². The summed E-state index contributed by atoms with van der Waals surface area (Å²) in [5, 5.41) is 5.15. The van der Waals surface area contributed by atoms with Gasteiger partial charge in [-0.1, -0.05) is 0 Å². The molecule has 27 heavy (non-hydrogen) atoms. The van der Waals surface area contributed by atoms with Gasteiger partial charge in [-0.25, -0.2) is 0 Å². The van der Waals surface area contributed by atoms with Crippen LogP contribution in [-0.4, -0.2) is 21.8 Å². The topological polar surface area (TPSA) is 93.2 Å². The minimum atomic E-state index is -0.732. The van der Waals surface area contributed by atoms with Crippen LogP contribution in [0, 0.1) is 6.92 Å². The van der Waals surface area contributed by atoms with Crippen molar-refractivity contribution in [3.63, 3.8) is 0 Å². The van der Waals surface area contributed by atoms with E-state index < -0.39 is 11.8 Å². The zero-order chi connectivity index (χ0) is 19.1. The molecule has 7 heteroatoms. The molecule has 0 aliphatic carbocycles. The van der Waals surface area contributed by atoms with E-state index in [4.69, 9.17) is 4.74 Å². The lowest BCUT2D eigenvalue weighted by Crippen LogP contribution is -2.34. The molecule has 0 atom stereocenters. The zero-order valence-corrected chi connectivity index (χ0v) is 14.7. The fourth-order valence-electron chi connectivity index (χ4n) is 2.33. The highest BCUT2D eigenvalue weighted by atomic mass is 16.5. The lowest BCUT2D eigenvalue weighted by atomic mass is 10.2. The molecule has 0 bridgehead atoms. The van der Waals surface area contributed by atoms with Crippen LogP contribution in [0.4, 0.5) is 5.69 Å². The highest BCUT2D eigenvalue weighted by Crippen LogP contribution is 2.26. The van der Waals surface area contributed by atoms with Crippen LogP contribution < -0.4 is 15.4 Å². The number of aryl methyl sites for hydroxylation is 1. The number of hydrogen-bond acceptors (Lipinski definition) is 5. The van der Waals surface area contributed by atoms with Gasteiger partial charge in [-0.3, -0.25) is 19.6 Å². The molecule has 7 nitrogen and oxygen atoms in total. The van der Waals surface area contributed by atoms with Crippen molar-refractivity contribution in [1.29, 1.82) is 0 Å². The van der Waals surface area contributed by atoms with Crippen molar-refractivity contribution in [2.24, 2.45) is 0 Å². The molecular weight excluding hydrogens is 344 g/mol. The van der Waals surface area contributed by atoms with E-state index in [0.29, 0.717) is 17.2 Å². The molecule has 1 aromatic carbocycles. The van der Waals surface area contributed by atoms with Crippen molar-refractivity contribution >= 4 is 17.5 Å². The number of nitrogens with one attached hydrogen (secondary N) is 2. The summed E-state index contributed by atoms with van der Waals surface area (Å²) in [6.45, 7) is 2.11. The van der Waals surface area contributed by atoms with Gasteiger partial charge in [0.15, 0.2) is 0 Å². The molecule has 136 valence electrons. The molecule has 0 aliphatic heterocycles. The summed E-state index contributed by atoms with van der Waals surface area (Å²) in [5.41, 5.74) is 2.18. The molecular formula is C20H18N4O3. The Hall–Kier alpha value is -3.74. The average molecular weight is 362 g/mol. The smallest absolute Gasteiger partial charge is 0.313 e. The maximum Gasteiger partial charge on any atom is 0.313 e. The third-order valence-corrected chi connectivity index (χ3v) is 3.70. The van der Waals surface area contributed by atoms with Crippen LogP contribution in [0.2, 0.25) is 0 Å². The van der Waals surface area contributed by atoms with Crippen LogP contribution in [0.15, 0.2) is 67.3 Å². The van der Waals surface area contributed by atoms with E-state index in [1.54, 1.807) is 67.3 Å². The number of ether oxygens (including phenoxy) is 1. The molecule has 2 heterocycles. The number of nitrogens with zero attached hydrogens (tertiary/aromatic N) is 2. The lowest BCUT2D eigenvalue weighted by molar-refractivity contribution is -0.136. The van der Waals surface area contributed by atoms with Crippen molar-refractivity contribution in [3.8, 4) is 11.5 Å². The maximum atomic E-state index is 12.0. The average Bonchev–Trinajstić information content (AvgIpc) is 2.70. The van der Waals surface area contributed by atoms with E-state index in [0.717, 1.165) is 11.1 Å². The van der Waals surface area contributed by atoms with E-state index >= 15 is 0 Å². The lowest BCUT2D eigenvalue weighted by Gasteiger charge is -2.11. The molecule has 0 aliphatic rings. The normalized spacial score (nSPS) is 10.1. The Balaban J connectivity index is 1.57. The molecule has 0 radical (unpaired) electrons. The van der Waals surface area contributed by atoms with E-state index in [1.165, 1.54) is 0 Å². The molecule has 0 saturated carbocycles. The van der Waals surface area contributed by atoms with Crippen LogP contribution in [0.3, 0.4) is 0 Å². The Kier molecular flexibility index (Phi) is 5.73. The Morgan fingerprint density at radius 3 is 2.52 bits per heavy atom. The third kappa shape index (κ3) is 5.12. The van der Waals surface area contributed by atoms with Crippen molar-refractivity contribution in [3.05, 3.63) is 78.4 Å². The quantitative estimate of drug-likeness (QED) is 0.681. The second kappa shape index (κ2) is 8.57. The van der Waals surface area contributed by atoms with E-state index in [1.807, 2.05) is 6.92 Å². The molecule has 0 unspecified atom stereocenters. The largest absolute Gasteiger partial charge is 0.455 e. The molecule has 0 fully saturated rings. The Bertz CT molecular complexity index is 930. The number of amides is 2. The molecule has 2 aromatic heterocycles. The number of carbonyl (C=O) groups excluding carboxylic acids is 2. The number of anilines is 1. The monoisotopic (exact) mass is 362 g/mol. The fourth-order valence-corrected chi connectivity index (χ4v) is 2.33. The second-order valence-electron chi connectivity index (χ2n) is 5.76. The van der Waals surface area contributed by atoms with Crippen molar-refractivity contribution < 1.29 is 14.3 Å². The number of pyridine rings is 2. The predicted octanol–water partition coefficient (Wildman–Crippen LogP) is 2.83. The van der Waals surface area contributed by atoms with Crippen LogP contribution >= 0.6 is 0 Å². The summed E-state index contributed by atoms with van der Waals surface area (Å²) in [5.74, 6) is -0.180. The highest BCUT2D eigenvalue weighted by molar-refractivity contribution is 6.39. The highest BCUT2D eigenvalue weighted by Gasteiger charge is 2.14. The zero-order valence-electron chi connectivity index (χ0n) is 14.7. The number of hydrogen-bond donors (Lipinski definition) is 2. The van der Waals surface area contributed by atoms with Gasteiger partial charge in [-0.05, 0) is 60.5 Å². The van der Waals surface area contributed by atoms with Crippen molar-refractivity contribution in [2.45, 2.75) is 13.5 Å². The summed E-state index contributed by atoms with van der Waals surface area (Å²) in [6, 6.07) is 12.3. The van der Waals surface area contributed by atoms with Gasteiger partial charge in [0, 0.05) is 30.8 Å². The summed E-state index contributed by atoms with van der Waals surface area (Å²) in [4.78, 5) is 31.9. The van der Waals surface area contributed by atoms with Crippen molar-refractivity contribution in [2.75, 3.05) is 5.32 Å². The van der Waals surface area contributed by atoms with Gasteiger partial charge in [0.1, 0.15) is 11.5 Å². The van der Waals surface area contributed by atoms with Gasteiger partial charge in [0.25, 0.3) is 0 Å². The van der Waals surface area contributed by atoms with Gasteiger partial charge >= 0.3 is 11.8 Å². The number of rotatable bonds is 5. The first-order valence-corrected chi connectivity index (χ1v) is 8.28. The minimum Gasteiger partial charge on any atom is -0.455 e. The van der Waals surface area contributed by atoms with E-state index in [9.17, 15) is 9.59 Å².